The van der Waals surface area contributed by atoms with E-state index >= 15 is 0 Å². The third-order valence-electron chi connectivity index (χ3n) is 2.90. The smallest absolute Gasteiger partial charge is 0.269 e. The van der Waals surface area contributed by atoms with Crippen LogP contribution in [0.2, 0.25) is 0 Å². The van der Waals surface area contributed by atoms with Gasteiger partial charge in [0.2, 0.25) is 0 Å². The number of halogens is 1. The summed E-state index contributed by atoms with van der Waals surface area (Å²) >= 11 is 0. The van der Waals surface area contributed by atoms with Gasteiger partial charge in [-0.2, -0.15) is 0 Å². The molecule has 6 heteroatoms. The van der Waals surface area contributed by atoms with Crippen LogP contribution in [0, 0.1) is 15.9 Å². The summed E-state index contributed by atoms with van der Waals surface area (Å²) in [7, 11) is 0. The van der Waals surface area contributed by atoms with Gasteiger partial charge in [0, 0.05) is 35.2 Å². The summed E-state index contributed by atoms with van der Waals surface area (Å²) in [5.74, 6) is -0.615. The van der Waals surface area contributed by atoms with E-state index in [0.29, 0.717) is 16.9 Å². The van der Waals surface area contributed by atoms with Crippen molar-refractivity contribution in [3.05, 3.63) is 81.8 Å². The van der Waals surface area contributed by atoms with E-state index in [1.807, 2.05) is 0 Å². The second kappa shape index (κ2) is 6.62. The number of hydrogen-bond donors (Lipinski definition) is 1. The van der Waals surface area contributed by atoms with E-state index in [0.717, 1.165) is 0 Å². The van der Waals surface area contributed by atoms with Gasteiger partial charge in [-0.25, -0.2) is 4.39 Å². The summed E-state index contributed by atoms with van der Waals surface area (Å²) in [5, 5.41) is 13.5. The van der Waals surface area contributed by atoms with E-state index in [2.05, 4.69) is 5.32 Å². The lowest BCUT2D eigenvalue weighted by molar-refractivity contribution is -0.384. The molecule has 0 aliphatic heterocycles. The molecule has 0 saturated heterocycles. The fourth-order valence-electron chi connectivity index (χ4n) is 1.82. The van der Waals surface area contributed by atoms with Crippen LogP contribution < -0.4 is 5.32 Å². The molecule has 2 aromatic carbocycles. The molecular weight excluding hydrogens is 287 g/mol. The number of nitro groups is 1. The fraction of sp³-hybridized carbons (Fsp3) is 0.0625. The Labute approximate surface area is 126 Å². The Hall–Kier alpha value is -3.02. The van der Waals surface area contributed by atoms with Crippen LogP contribution in [0.1, 0.15) is 17.3 Å². The Morgan fingerprint density at radius 1 is 1.14 bits per heavy atom. The van der Waals surface area contributed by atoms with Crippen molar-refractivity contribution in [2.75, 3.05) is 5.32 Å². The molecule has 0 saturated carbocycles. The van der Waals surface area contributed by atoms with Crippen LogP contribution in [0.5, 0.6) is 0 Å². The van der Waals surface area contributed by atoms with Gasteiger partial charge >= 0.3 is 0 Å². The van der Waals surface area contributed by atoms with E-state index in [9.17, 15) is 19.3 Å². The van der Waals surface area contributed by atoms with Crippen molar-refractivity contribution >= 4 is 17.2 Å². The molecule has 0 heterocycles. The Morgan fingerprint density at radius 3 is 2.27 bits per heavy atom. The van der Waals surface area contributed by atoms with Crippen LogP contribution in [0.15, 0.2) is 60.3 Å². The molecular formula is C16H13FN2O3. The van der Waals surface area contributed by atoms with Gasteiger partial charge < -0.3 is 5.32 Å². The van der Waals surface area contributed by atoms with Crippen molar-refractivity contribution in [1.29, 1.82) is 0 Å². The summed E-state index contributed by atoms with van der Waals surface area (Å²) in [6.45, 7) is 1.70. The van der Waals surface area contributed by atoms with Crippen LogP contribution in [-0.2, 0) is 0 Å². The SMILES string of the molecule is CC(=CC(=O)c1ccc([N+](=O)[O-])cc1)Nc1ccc(F)cc1. The molecule has 1 N–H and O–H groups in total. The monoisotopic (exact) mass is 300 g/mol. The summed E-state index contributed by atoms with van der Waals surface area (Å²) in [6.07, 6.45) is 1.38. The molecule has 0 aliphatic rings. The second-order valence-electron chi connectivity index (χ2n) is 4.63. The molecule has 0 aromatic heterocycles. The molecule has 0 radical (unpaired) electrons. The van der Waals surface area contributed by atoms with E-state index in [1.165, 1.54) is 42.5 Å². The second-order valence-corrected chi connectivity index (χ2v) is 4.63. The van der Waals surface area contributed by atoms with Crippen molar-refractivity contribution in [2.45, 2.75) is 6.92 Å². The summed E-state index contributed by atoms with van der Waals surface area (Å²) < 4.78 is 12.8. The van der Waals surface area contributed by atoms with Crippen LogP contribution in [0.4, 0.5) is 15.8 Å². The summed E-state index contributed by atoms with van der Waals surface area (Å²) in [4.78, 5) is 22.1. The normalized spacial score (nSPS) is 11.1. The average molecular weight is 300 g/mol. The molecule has 22 heavy (non-hydrogen) atoms. The standard InChI is InChI=1S/C16H13FN2O3/c1-11(18-14-6-4-13(17)5-7-14)10-16(20)12-2-8-15(9-3-12)19(21)22/h2-10,18H,1H3. The molecule has 5 nitrogen and oxygen atoms in total. The van der Waals surface area contributed by atoms with Gasteiger partial charge in [-0.15, -0.1) is 0 Å². The molecule has 0 spiro atoms. The number of nitrogens with zero attached hydrogens (tertiary/aromatic N) is 1. The van der Waals surface area contributed by atoms with Crippen molar-refractivity contribution in [3.8, 4) is 0 Å². The molecule has 2 aromatic rings. The van der Waals surface area contributed by atoms with Crippen LogP contribution in [0.25, 0.3) is 0 Å². The lowest BCUT2D eigenvalue weighted by Gasteiger charge is -2.06. The van der Waals surface area contributed by atoms with Gasteiger partial charge in [0.25, 0.3) is 5.69 Å². The minimum Gasteiger partial charge on any atom is -0.359 e. The van der Waals surface area contributed by atoms with Crippen LogP contribution in [0.3, 0.4) is 0 Å². The van der Waals surface area contributed by atoms with Crippen molar-refractivity contribution in [2.24, 2.45) is 0 Å². The Bertz CT molecular complexity index is 722. The Balaban J connectivity index is 2.08. The molecule has 112 valence electrons. The largest absolute Gasteiger partial charge is 0.359 e. The van der Waals surface area contributed by atoms with Crippen molar-refractivity contribution in [1.82, 2.24) is 0 Å². The molecule has 0 unspecified atom stereocenters. The van der Waals surface area contributed by atoms with Gasteiger partial charge in [0.1, 0.15) is 5.82 Å². The molecule has 0 amide bonds. The van der Waals surface area contributed by atoms with Gasteiger partial charge in [0.15, 0.2) is 5.78 Å². The van der Waals surface area contributed by atoms with Crippen LogP contribution in [-0.4, -0.2) is 10.7 Å². The van der Waals surface area contributed by atoms with E-state index in [1.54, 1.807) is 19.1 Å². The van der Waals surface area contributed by atoms with Gasteiger partial charge in [-0.3, -0.25) is 14.9 Å². The maximum absolute atomic E-state index is 12.8. The maximum atomic E-state index is 12.8. The highest BCUT2D eigenvalue weighted by atomic mass is 19.1. The number of anilines is 1. The maximum Gasteiger partial charge on any atom is 0.269 e. The number of carbonyl (C=O) groups is 1. The topological polar surface area (TPSA) is 72.2 Å². The summed E-state index contributed by atoms with van der Waals surface area (Å²) in [5.41, 5.74) is 1.52. The highest BCUT2D eigenvalue weighted by Gasteiger charge is 2.08. The molecule has 0 aliphatic carbocycles. The zero-order chi connectivity index (χ0) is 16.1. The Morgan fingerprint density at radius 2 is 1.73 bits per heavy atom. The van der Waals surface area contributed by atoms with Gasteiger partial charge in [0.05, 0.1) is 4.92 Å². The highest BCUT2D eigenvalue weighted by molar-refractivity contribution is 6.05. The first-order valence-corrected chi connectivity index (χ1v) is 6.45. The van der Waals surface area contributed by atoms with Crippen LogP contribution >= 0.6 is 0 Å². The third kappa shape index (κ3) is 3.99. The number of carbonyl (C=O) groups excluding carboxylic acids is 1. The minimum absolute atomic E-state index is 0.0679. The molecule has 2 rings (SSSR count). The minimum atomic E-state index is -0.522. The highest BCUT2D eigenvalue weighted by Crippen LogP contribution is 2.14. The van der Waals surface area contributed by atoms with Gasteiger partial charge in [-0.05, 0) is 43.3 Å². The summed E-state index contributed by atoms with van der Waals surface area (Å²) in [6, 6.07) is 11.1. The number of non-ortho nitro benzene ring substituents is 1. The predicted molar refractivity (Wildman–Crippen MR) is 81.2 cm³/mol. The van der Waals surface area contributed by atoms with Gasteiger partial charge in [-0.1, -0.05) is 0 Å². The third-order valence-corrected chi connectivity index (χ3v) is 2.90. The quantitative estimate of drug-likeness (QED) is 0.393. The molecule has 0 atom stereocenters. The zero-order valence-corrected chi connectivity index (χ0v) is 11.7. The van der Waals surface area contributed by atoms with E-state index in [-0.39, 0.29) is 17.3 Å². The number of allylic oxidation sites excluding steroid dienone is 2. The lowest BCUT2D eigenvalue weighted by Crippen LogP contribution is -2.01. The first-order valence-electron chi connectivity index (χ1n) is 6.45. The number of hydrogen-bond acceptors (Lipinski definition) is 4. The lowest BCUT2D eigenvalue weighted by atomic mass is 10.1. The first-order chi connectivity index (χ1) is 10.5. The first kappa shape index (κ1) is 15.4. The number of ketones is 1. The molecule has 0 bridgehead atoms. The zero-order valence-electron chi connectivity index (χ0n) is 11.7. The van der Waals surface area contributed by atoms with Crippen molar-refractivity contribution in [3.63, 3.8) is 0 Å². The van der Waals surface area contributed by atoms with E-state index in [4.69, 9.17) is 0 Å². The fourth-order valence-corrected chi connectivity index (χ4v) is 1.82. The number of rotatable bonds is 5. The predicted octanol–water partition coefficient (Wildman–Crippen LogP) is 3.93. The number of nitrogens with one attached hydrogen (secondary N) is 1. The average Bonchev–Trinajstić information content (AvgIpc) is 2.49. The number of benzene rings is 2. The van der Waals surface area contributed by atoms with E-state index < -0.39 is 4.92 Å². The number of nitro benzene ring substituents is 1. The Kier molecular flexibility index (Phi) is 4.63. The molecule has 0 fully saturated rings. The van der Waals surface area contributed by atoms with Crippen molar-refractivity contribution < 1.29 is 14.1 Å².